The van der Waals surface area contributed by atoms with Crippen LogP contribution in [0.1, 0.15) is 53.9 Å². The van der Waals surface area contributed by atoms with Crippen molar-refractivity contribution in [1.82, 2.24) is 5.32 Å². The van der Waals surface area contributed by atoms with Crippen LogP contribution in [0.3, 0.4) is 0 Å². The lowest BCUT2D eigenvalue weighted by molar-refractivity contribution is 0.269. The maximum Gasteiger partial charge on any atom is 0.152 e. The highest BCUT2D eigenvalue weighted by molar-refractivity contribution is 7.91. The summed E-state index contributed by atoms with van der Waals surface area (Å²) in [5.41, 5.74) is 0.104. The molecule has 3 nitrogen and oxygen atoms in total. The number of nitrogens with one attached hydrogen (secondary N) is 1. The summed E-state index contributed by atoms with van der Waals surface area (Å²) in [6.07, 6.45) is 2.94. The molecule has 0 aromatic rings. The van der Waals surface area contributed by atoms with Crippen molar-refractivity contribution in [2.45, 2.75) is 59.1 Å². The second-order valence-electron chi connectivity index (χ2n) is 5.51. The maximum absolute atomic E-state index is 11.8. The SMILES string of the molecule is CCCC(C)(CCS(=O)(=O)C(C)C)CNCC. The molecule has 0 aromatic carbocycles. The van der Waals surface area contributed by atoms with Crippen LogP contribution < -0.4 is 5.32 Å². The van der Waals surface area contributed by atoms with Crippen LogP contribution in [0.25, 0.3) is 0 Å². The molecule has 1 N–H and O–H groups in total. The molecule has 0 radical (unpaired) electrons. The number of rotatable bonds is 9. The molecule has 1 unspecified atom stereocenters. The number of hydrogen-bond donors (Lipinski definition) is 1. The molecule has 0 aliphatic rings. The molecule has 0 heterocycles. The highest BCUT2D eigenvalue weighted by atomic mass is 32.2. The molecular formula is C13H29NO2S. The Morgan fingerprint density at radius 3 is 2.18 bits per heavy atom. The van der Waals surface area contributed by atoms with E-state index in [1.54, 1.807) is 13.8 Å². The van der Waals surface area contributed by atoms with Crippen LogP contribution in [0, 0.1) is 5.41 Å². The fourth-order valence-corrected chi connectivity index (χ4v) is 3.21. The summed E-state index contributed by atoms with van der Waals surface area (Å²) in [4.78, 5) is 0. The van der Waals surface area contributed by atoms with Crippen molar-refractivity contribution in [2.75, 3.05) is 18.8 Å². The first-order valence-corrected chi connectivity index (χ1v) is 8.41. The Bertz CT molecular complexity index is 299. The predicted octanol–water partition coefficient (Wildman–Crippen LogP) is 2.62. The summed E-state index contributed by atoms with van der Waals surface area (Å²) in [6.45, 7) is 11.8. The molecule has 0 aliphatic carbocycles. The lowest BCUT2D eigenvalue weighted by Crippen LogP contribution is -2.34. The minimum Gasteiger partial charge on any atom is -0.316 e. The van der Waals surface area contributed by atoms with E-state index in [0.717, 1.165) is 32.4 Å². The van der Waals surface area contributed by atoms with Gasteiger partial charge >= 0.3 is 0 Å². The zero-order valence-electron chi connectivity index (χ0n) is 12.0. The van der Waals surface area contributed by atoms with E-state index in [2.05, 4.69) is 26.1 Å². The van der Waals surface area contributed by atoms with Crippen LogP contribution in [0.15, 0.2) is 0 Å². The Kier molecular flexibility index (Phi) is 7.33. The van der Waals surface area contributed by atoms with Crippen molar-refractivity contribution >= 4 is 9.84 Å². The van der Waals surface area contributed by atoms with E-state index in [9.17, 15) is 8.42 Å². The first-order valence-electron chi connectivity index (χ1n) is 6.69. The Morgan fingerprint density at radius 2 is 1.76 bits per heavy atom. The monoisotopic (exact) mass is 263 g/mol. The number of sulfone groups is 1. The molecular weight excluding hydrogens is 234 g/mol. The summed E-state index contributed by atoms with van der Waals surface area (Å²) in [7, 11) is -2.90. The van der Waals surface area contributed by atoms with E-state index in [1.807, 2.05) is 0 Å². The maximum atomic E-state index is 11.8. The highest BCUT2D eigenvalue weighted by Crippen LogP contribution is 2.28. The average Bonchev–Trinajstić information content (AvgIpc) is 2.24. The minimum absolute atomic E-state index is 0.104. The molecule has 0 aromatic heterocycles. The molecule has 1 atom stereocenters. The third kappa shape index (κ3) is 6.41. The summed E-state index contributed by atoms with van der Waals surface area (Å²) < 4.78 is 23.7. The summed E-state index contributed by atoms with van der Waals surface area (Å²) >= 11 is 0. The molecule has 104 valence electrons. The van der Waals surface area contributed by atoms with Gasteiger partial charge in [-0.15, -0.1) is 0 Å². The first-order chi connectivity index (χ1) is 7.77. The summed E-state index contributed by atoms with van der Waals surface area (Å²) in [6, 6.07) is 0. The number of hydrogen-bond acceptors (Lipinski definition) is 3. The van der Waals surface area contributed by atoms with Gasteiger partial charge in [0.1, 0.15) is 0 Å². The van der Waals surface area contributed by atoms with Gasteiger partial charge in [-0.05, 0) is 38.6 Å². The van der Waals surface area contributed by atoms with Crippen LogP contribution in [-0.2, 0) is 9.84 Å². The van der Waals surface area contributed by atoms with E-state index < -0.39 is 9.84 Å². The van der Waals surface area contributed by atoms with E-state index >= 15 is 0 Å². The fourth-order valence-electron chi connectivity index (χ4n) is 1.96. The summed E-state index contributed by atoms with van der Waals surface area (Å²) in [5, 5.41) is 3.09. The molecule has 4 heteroatoms. The van der Waals surface area contributed by atoms with E-state index in [0.29, 0.717) is 5.75 Å². The predicted molar refractivity (Wildman–Crippen MR) is 75.1 cm³/mol. The smallest absolute Gasteiger partial charge is 0.152 e. The van der Waals surface area contributed by atoms with Crippen molar-refractivity contribution in [3.05, 3.63) is 0 Å². The molecule has 0 fully saturated rings. The standard InChI is InChI=1S/C13H29NO2S/c1-6-8-13(5,11-14-7-2)9-10-17(15,16)12(3)4/h12,14H,6-11H2,1-5H3. The van der Waals surface area contributed by atoms with E-state index in [1.165, 1.54) is 0 Å². The van der Waals surface area contributed by atoms with Gasteiger partial charge < -0.3 is 5.32 Å². The van der Waals surface area contributed by atoms with Crippen LogP contribution >= 0.6 is 0 Å². The Hall–Kier alpha value is -0.0900. The zero-order valence-corrected chi connectivity index (χ0v) is 12.9. The van der Waals surface area contributed by atoms with Crippen LogP contribution in [0.2, 0.25) is 0 Å². The molecule has 0 aliphatic heterocycles. The second-order valence-corrected chi connectivity index (χ2v) is 8.18. The quantitative estimate of drug-likeness (QED) is 0.695. The zero-order chi connectivity index (χ0) is 13.5. The van der Waals surface area contributed by atoms with Crippen molar-refractivity contribution < 1.29 is 8.42 Å². The molecule has 0 rings (SSSR count). The Morgan fingerprint density at radius 1 is 1.18 bits per heavy atom. The van der Waals surface area contributed by atoms with E-state index in [-0.39, 0.29) is 10.7 Å². The third-order valence-electron chi connectivity index (χ3n) is 3.36. The van der Waals surface area contributed by atoms with Crippen LogP contribution in [0.5, 0.6) is 0 Å². The van der Waals surface area contributed by atoms with Gasteiger partial charge in [0.2, 0.25) is 0 Å². The second kappa shape index (κ2) is 7.37. The molecule has 17 heavy (non-hydrogen) atoms. The van der Waals surface area contributed by atoms with Gasteiger partial charge in [-0.25, -0.2) is 8.42 Å². The lowest BCUT2D eigenvalue weighted by atomic mass is 9.83. The Balaban J connectivity index is 4.45. The average molecular weight is 263 g/mol. The van der Waals surface area contributed by atoms with Gasteiger partial charge in [-0.3, -0.25) is 0 Å². The van der Waals surface area contributed by atoms with Gasteiger partial charge in [-0.1, -0.05) is 27.2 Å². The van der Waals surface area contributed by atoms with Gasteiger partial charge in [0.25, 0.3) is 0 Å². The first kappa shape index (κ1) is 16.9. The summed E-state index contributed by atoms with van der Waals surface area (Å²) in [5.74, 6) is 0.312. The highest BCUT2D eigenvalue weighted by Gasteiger charge is 2.26. The normalized spacial score (nSPS) is 16.1. The van der Waals surface area contributed by atoms with E-state index in [4.69, 9.17) is 0 Å². The van der Waals surface area contributed by atoms with Gasteiger partial charge in [0.05, 0.1) is 11.0 Å². The molecule has 0 saturated carbocycles. The fraction of sp³-hybridized carbons (Fsp3) is 1.00. The molecule has 0 saturated heterocycles. The Labute approximate surface area is 107 Å². The van der Waals surface area contributed by atoms with Gasteiger partial charge in [0, 0.05) is 6.54 Å². The molecule has 0 spiro atoms. The van der Waals surface area contributed by atoms with Crippen molar-refractivity contribution in [2.24, 2.45) is 5.41 Å². The van der Waals surface area contributed by atoms with Crippen molar-refractivity contribution in [1.29, 1.82) is 0 Å². The molecule has 0 bridgehead atoms. The topological polar surface area (TPSA) is 46.2 Å². The van der Waals surface area contributed by atoms with Crippen molar-refractivity contribution in [3.63, 3.8) is 0 Å². The minimum atomic E-state index is -2.90. The van der Waals surface area contributed by atoms with Crippen molar-refractivity contribution in [3.8, 4) is 0 Å². The van der Waals surface area contributed by atoms with Crippen LogP contribution in [0.4, 0.5) is 0 Å². The lowest BCUT2D eigenvalue weighted by Gasteiger charge is -2.30. The largest absolute Gasteiger partial charge is 0.316 e. The van der Waals surface area contributed by atoms with Gasteiger partial charge in [-0.2, -0.15) is 0 Å². The van der Waals surface area contributed by atoms with Crippen LogP contribution in [-0.4, -0.2) is 32.5 Å². The molecule has 0 amide bonds. The third-order valence-corrected chi connectivity index (χ3v) is 5.57. The van der Waals surface area contributed by atoms with Gasteiger partial charge in [0.15, 0.2) is 9.84 Å².